The molecule has 1 aromatic heterocycles. The minimum atomic E-state index is -1.14. The van der Waals surface area contributed by atoms with Crippen molar-refractivity contribution >= 4 is 22.8 Å². The van der Waals surface area contributed by atoms with Gasteiger partial charge in [0, 0.05) is 5.39 Å². The van der Waals surface area contributed by atoms with Gasteiger partial charge in [0.05, 0.1) is 6.07 Å². The number of carbonyl (C=O) groups excluding carboxylic acids is 2. The summed E-state index contributed by atoms with van der Waals surface area (Å²) in [6, 6.07) is 10.3. The van der Waals surface area contributed by atoms with Crippen molar-refractivity contribution in [3.63, 3.8) is 0 Å². The smallest absolute Gasteiger partial charge is 0.351 e. The summed E-state index contributed by atoms with van der Waals surface area (Å²) in [7, 11) is 0. The first-order chi connectivity index (χ1) is 12.9. The number of benzene rings is 1. The molecule has 1 fully saturated rings. The number of ether oxygens (including phenoxy) is 1. The molecule has 1 N–H and O–H groups in total. The largest absolute Gasteiger partial charge is 0.449 e. The first kappa shape index (κ1) is 18.6. The fourth-order valence-electron chi connectivity index (χ4n) is 3.24. The van der Waals surface area contributed by atoms with Gasteiger partial charge in [-0.1, -0.05) is 37.5 Å². The van der Waals surface area contributed by atoms with Crippen molar-refractivity contribution in [2.75, 3.05) is 0 Å². The van der Waals surface area contributed by atoms with Crippen LogP contribution in [0.15, 0.2) is 39.5 Å². The van der Waals surface area contributed by atoms with Gasteiger partial charge in [-0.3, -0.25) is 4.79 Å². The molecule has 1 aromatic carbocycles. The van der Waals surface area contributed by atoms with E-state index in [1.54, 1.807) is 24.3 Å². The van der Waals surface area contributed by atoms with Crippen LogP contribution in [0, 0.1) is 11.3 Å². The van der Waals surface area contributed by atoms with Crippen molar-refractivity contribution in [3.05, 3.63) is 46.3 Å². The number of rotatable bonds is 4. The highest BCUT2D eigenvalue weighted by Crippen LogP contribution is 2.27. The van der Waals surface area contributed by atoms with E-state index >= 15 is 0 Å². The third kappa shape index (κ3) is 4.00. The summed E-state index contributed by atoms with van der Waals surface area (Å²) >= 11 is 0. The Morgan fingerprint density at radius 1 is 1.26 bits per heavy atom. The van der Waals surface area contributed by atoms with Gasteiger partial charge < -0.3 is 14.5 Å². The van der Waals surface area contributed by atoms with E-state index in [0.29, 0.717) is 23.8 Å². The van der Waals surface area contributed by atoms with Crippen LogP contribution in [0.2, 0.25) is 0 Å². The maximum Gasteiger partial charge on any atom is 0.351 e. The van der Waals surface area contributed by atoms with Gasteiger partial charge in [0.2, 0.25) is 0 Å². The van der Waals surface area contributed by atoms with Crippen LogP contribution in [0.1, 0.15) is 49.4 Å². The highest BCUT2D eigenvalue weighted by atomic mass is 16.5. The van der Waals surface area contributed by atoms with Gasteiger partial charge in [-0.2, -0.15) is 5.26 Å². The van der Waals surface area contributed by atoms with Gasteiger partial charge in [-0.05, 0) is 31.9 Å². The van der Waals surface area contributed by atoms with E-state index in [1.165, 1.54) is 13.0 Å². The van der Waals surface area contributed by atoms with Gasteiger partial charge in [0.1, 0.15) is 16.7 Å². The molecule has 7 nitrogen and oxygen atoms in total. The normalized spacial score (nSPS) is 16.9. The van der Waals surface area contributed by atoms with Crippen LogP contribution in [0.5, 0.6) is 0 Å². The molecule has 3 rings (SSSR count). The SMILES string of the molecule is C[C@H](OC(=O)c1cc2ccccc2oc1=O)C(=O)NC1(C#N)CCCCC1. The molecular formula is C20H20N2O5. The standard InChI is InChI=1S/C20H20N2O5/c1-13(17(23)22-20(12-21)9-5-2-6-10-20)26-18(24)15-11-14-7-3-4-8-16(14)27-19(15)25/h3-4,7-8,11,13H,2,5-6,9-10H2,1H3,(H,22,23)/t13-/m0/s1. The average molecular weight is 368 g/mol. The molecule has 0 bridgehead atoms. The van der Waals surface area contributed by atoms with Crippen LogP contribution >= 0.6 is 0 Å². The fraction of sp³-hybridized carbons (Fsp3) is 0.400. The van der Waals surface area contributed by atoms with Gasteiger partial charge in [-0.25, -0.2) is 9.59 Å². The summed E-state index contributed by atoms with van der Waals surface area (Å²) in [5.74, 6) is -1.50. The molecule has 0 spiro atoms. The van der Waals surface area contributed by atoms with Crippen LogP contribution < -0.4 is 10.9 Å². The maximum absolute atomic E-state index is 12.4. The lowest BCUT2D eigenvalue weighted by molar-refractivity contribution is -0.130. The minimum Gasteiger partial charge on any atom is -0.449 e. The summed E-state index contributed by atoms with van der Waals surface area (Å²) in [5.41, 5.74) is -1.66. The topological polar surface area (TPSA) is 109 Å². The number of amides is 1. The molecule has 0 unspecified atom stereocenters. The number of nitrogens with zero attached hydrogens (tertiary/aromatic N) is 1. The second-order valence-electron chi connectivity index (χ2n) is 6.78. The monoisotopic (exact) mass is 368 g/mol. The number of hydrogen-bond acceptors (Lipinski definition) is 6. The van der Waals surface area contributed by atoms with Crippen LogP contribution in [-0.4, -0.2) is 23.5 Å². The van der Waals surface area contributed by atoms with Crippen molar-refractivity contribution in [1.29, 1.82) is 5.26 Å². The Labute approximate surface area is 155 Å². The van der Waals surface area contributed by atoms with E-state index in [9.17, 15) is 19.6 Å². The molecular weight excluding hydrogens is 348 g/mol. The molecule has 0 aliphatic heterocycles. The van der Waals surface area contributed by atoms with Crippen molar-refractivity contribution in [3.8, 4) is 6.07 Å². The zero-order chi connectivity index (χ0) is 19.4. The Balaban J connectivity index is 1.72. The predicted octanol–water partition coefficient (Wildman–Crippen LogP) is 2.68. The van der Waals surface area contributed by atoms with E-state index in [4.69, 9.17) is 9.15 Å². The Kier molecular flexibility index (Phi) is 5.26. The quantitative estimate of drug-likeness (QED) is 0.656. The summed E-state index contributed by atoms with van der Waals surface area (Å²) in [4.78, 5) is 36.8. The molecule has 1 aliphatic rings. The number of para-hydroxylation sites is 1. The summed E-state index contributed by atoms with van der Waals surface area (Å²) in [5, 5.41) is 12.7. The first-order valence-corrected chi connectivity index (χ1v) is 8.91. The summed E-state index contributed by atoms with van der Waals surface area (Å²) in [6.45, 7) is 1.41. The van der Waals surface area contributed by atoms with E-state index in [1.807, 2.05) is 0 Å². The highest BCUT2D eigenvalue weighted by molar-refractivity contribution is 5.94. The van der Waals surface area contributed by atoms with E-state index in [-0.39, 0.29) is 5.56 Å². The molecule has 1 amide bonds. The van der Waals surface area contributed by atoms with Gasteiger partial charge in [0.15, 0.2) is 6.10 Å². The number of hydrogen-bond donors (Lipinski definition) is 1. The summed E-state index contributed by atoms with van der Waals surface area (Å²) < 4.78 is 10.2. The Morgan fingerprint density at radius 3 is 2.67 bits per heavy atom. The van der Waals surface area contributed by atoms with Crippen LogP contribution in [0.25, 0.3) is 11.0 Å². The number of nitrogens with one attached hydrogen (secondary N) is 1. The average Bonchev–Trinajstić information content (AvgIpc) is 2.68. The number of fused-ring (bicyclic) bond motifs is 1. The lowest BCUT2D eigenvalue weighted by Gasteiger charge is -2.32. The Hall–Kier alpha value is -3.14. The van der Waals surface area contributed by atoms with Gasteiger partial charge in [-0.15, -0.1) is 0 Å². The third-order valence-electron chi connectivity index (χ3n) is 4.80. The zero-order valence-corrected chi connectivity index (χ0v) is 15.0. The Morgan fingerprint density at radius 2 is 1.96 bits per heavy atom. The highest BCUT2D eigenvalue weighted by Gasteiger charge is 2.35. The van der Waals surface area contributed by atoms with Gasteiger partial charge >= 0.3 is 11.6 Å². The molecule has 27 heavy (non-hydrogen) atoms. The van der Waals surface area contributed by atoms with Crippen molar-refractivity contribution in [2.24, 2.45) is 0 Å². The lowest BCUT2D eigenvalue weighted by Crippen LogP contribution is -2.52. The first-order valence-electron chi connectivity index (χ1n) is 8.91. The number of nitriles is 1. The molecule has 7 heteroatoms. The van der Waals surface area contributed by atoms with E-state index in [0.717, 1.165) is 19.3 Å². The number of carbonyl (C=O) groups is 2. The lowest BCUT2D eigenvalue weighted by atomic mass is 9.83. The predicted molar refractivity (Wildman–Crippen MR) is 96.9 cm³/mol. The molecule has 140 valence electrons. The fourth-order valence-corrected chi connectivity index (χ4v) is 3.24. The molecule has 0 saturated heterocycles. The van der Waals surface area contributed by atoms with Crippen LogP contribution in [0.3, 0.4) is 0 Å². The second-order valence-corrected chi connectivity index (χ2v) is 6.78. The second kappa shape index (κ2) is 7.62. The minimum absolute atomic E-state index is 0.277. The Bertz CT molecular complexity index is 966. The maximum atomic E-state index is 12.4. The molecule has 1 heterocycles. The van der Waals surface area contributed by atoms with Crippen LogP contribution in [0.4, 0.5) is 0 Å². The third-order valence-corrected chi connectivity index (χ3v) is 4.80. The van der Waals surface area contributed by atoms with Gasteiger partial charge in [0.25, 0.3) is 5.91 Å². The molecule has 2 aromatic rings. The zero-order valence-electron chi connectivity index (χ0n) is 15.0. The number of esters is 1. The van der Waals surface area contributed by atoms with Crippen molar-refractivity contribution in [1.82, 2.24) is 5.32 Å². The van der Waals surface area contributed by atoms with Crippen molar-refractivity contribution < 1.29 is 18.7 Å². The van der Waals surface area contributed by atoms with Crippen molar-refractivity contribution in [2.45, 2.75) is 50.7 Å². The van der Waals surface area contributed by atoms with Crippen LogP contribution in [-0.2, 0) is 9.53 Å². The van der Waals surface area contributed by atoms with E-state index in [2.05, 4.69) is 11.4 Å². The molecule has 0 radical (unpaired) electrons. The molecule has 1 atom stereocenters. The van der Waals surface area contributed by atoms with E-state index < -0.39 is 29.1 Å². The summed E-state index contributed by atoms with van der Waals surface area (Å²) in [6.07, 6.45) is 2.76. The molecule has 1 aliphatic carbocycles. The molecule has 1 saturated carbocycles.